The van der Waals surface area contributed by atoms with Crippen molar-refractivity contribution in [3.05, 3.63) is 41.5 Å². The van der Waals surface area contributed by atoms with Gasteiger partial charge < -0.3 is 15.0 Å². The monoisotopic (exact) mass is 317 g/mol. The molecule has 1 aromatic heterocycles. The average molecular weight is 318 g/mol. The van der Waals surface area contributed by atoms with Gasteiger partial charge >= 0.3 is 0 Å². The van der Waals surface area contributed by atoms with E-state index in [1.54, 1.807) is 0 Å². The van der Waals surface area contributed by atoms with Crippen LogP contribution in [0.4, 0.5) is 8.78 Å². The normalized spacial score (nSPS) is 16.0. The molecule has 1 heterocycles. The van der Waals surface area contributed by atoms with Crippen LogP contribution in [0.2, 0.25) is 0 Å². The highest BCUT2D eigenvalue weighted by atomic mass is 35.5. The smallest absolute Gasteiger partial charge is 0.264 e. The number of halogens is 3. The van der Waals surface area contributed by atoms with E-state index in [0.717, 1.165) is 31.4 Å². The van der Waals surface area contributed by atoms with Crippen LogP contribution in [0, 0.1) is 11.6 Å². The molecule has 3 rings (SSSR count). The molecule has 114 valence electrons. The Balaban J connectivity index is 0.00000161. The number of aromatic nitrogens is 2. The van der Waals surface area contributed by atoms with Crippen molar-refractivity contribution in [2.45, 2.75) is 31.4 Å². The van der Waals surface area contributed by atoms with Crippen molar-refractivity contribution in [1.29, 1.82) is 0 Å². The minimum absolute atomic E-state index is 0. The van der Waals surface area contributed by atoms with Crippen LogP contribution in [0.15, 0.2) is 22.7 Å². The lowest BCUT2D eigenvalue weighted by molar-refractivity contribution is 0.220. The Morgan fingerprint density at radius 2 is 2.10 bits per heavy atom. The molecule has 0 unspecified atom stereocenters. The van der Waals surface area contributed by atoms with Gasteiger partial charge in [-0.25, -0.2) is 8.78 Å². The van der Waals surface area contributed by atoms with E-state index < -0.39 is 17.2 Å². The topological polar surface area (TPSA) is 74.2 Å². The van der Waals surface area contributed by atoms with Crippen LogP contribution in [-0.2, 0) is 12.1 Å². The quantitative estimate of drug-likeness (QED) is 0.938. The largest absolute Gasteiger partial charge is 0.481 e. The lowest BCUT2D eigenvalue weighted by Crippen LogP contribution is -2.44. The molecule has 0 radical (unpaired) electrons. The SMILES string of the molecule is Cl.NC1(c2noc(COc3ccc(F)cc3F)n2)CCC1. The van der Waals surface area contributed by atoms with E-state index in [9.17, 15) is 8.78 Å². The summed E-state index contributed by atoms with van der Waals surface area (Å²) >= 11 is 0. The predicted molar refractivity (Wildman–Crippen MR) is 72.0 cm³/mol. The minimum Gasteiger partial charge on any atom is -0.481 e. The first-order valence-electron chi connectivity index (χ1n) is 6.27. The van der Waals surface area contributed by atoms with Crippen LogP contribution in [0.3, 0.4) is 0 Å². The molecule has 8 heteroatoms. The van der Waals surface area contributed by atoms with Crippen molar-refractivity contribution in [3.8, 4) is 5.75 Å². The molecular formula is C13H14ClF2N3O2. The molecule has 0 spiro atoms. The van der Waals surface area contributed by atoms with Crippen molar-refractivity contribution in [2.75, 3.05) is 0 Å². The molecule has 1 aliphatic rings. The third-order valence-corrected chi connectivity index (χ3v) is 3.40. The van der Waals surface area contributed by atoms with E-state index in [1.807, 2.05) is 0 Å². The zero-order valence-corrected chi connectivity index (χ0v) is 11.8. The lowest BCUT2D eigenvalue weighted by Gasteiger charge is -2.34. The summed E-state index contributed by atoms with van der Waals surface area (Å²) in [5, 5.41) is 3.81. The summed E-state index contributed by atoms with van der Waals surface area (Å²) in [6, 6.07) is 3.07. The van der Waals surface area contributed by atoms with Crippen molar-refractivity contribution in [2.24, 2.45) is 5.73 Å². The molecular weight excluding hydrogens is 304 g/mol. The zero-order chi connectivity index (χ0) is 14.2. The Kier molecular flexibility index (Phi) is 4.43. The Morgan fingerprint density at radius 1 is 1.33 bits per heavy atom. The Labute approximate surface area is 125 Å². The van der Waals surface area contributed by atoms with E-state index >= 15 is 0 Å². The summed E-state index contributed by atoms with van der Waals surface area (Å²) in [5.74, 6) is -0.858. The molecule has 1 aromatic carbocycles. The van der Waals surface area contributed by atoms with E-state index in [0.29, 0.717) is 5.82 Å². The average Bonchev–Trinajstić information content (AvgIpc) is 2.84. The fourth-order valence-corrected chi connectivity index (χ4v) is 2.03. The summed E-state index contributed by atoms with van der Waals surface area (Å²) in [7, 11) is 0. The van der Waals surface area contributed by atoms with Gasteiger partial charge in [-0.05, 0) is 31.4 Å². The first kappa shape index (κ1) is 15.7. The van der Waals surface area contributed by atoms with Crippen molar-refractivity contribution < 1.29 is 18.0 Å². The second kappa shape index (κ2) is 5.95. The molecule has 1 fully saturated rings. The highest BCUT2D eigenvalue weighted by Gasteiger charge is 2.38. The third kappa shape index (κ3) is 3.14. The number of nitrogens with two attached hydrogens (primary N) is 1. The summed E-state index contributed by atoms with van der Waals surface area (Å²) in [4.78, 5) is 4.14. The van der Waals surface area contributed by atoms with Gasteiger partial charge in [0.25, 0.3) is 5.89 Å². The molecule has 5 nitrogen and oxygen atoms in total. The van der Waals surface area contributed by atoms with Gasteiger partial charge in [0.1, 0.15) is 5.82 Å². The van der Waals surface area contributed by atoms with Crippen molar-refractivity contribution >= 4 is 12.4 Å². The van der Waals surface area contributed by atoms with E-state index in [-0.39, 0.29) is 30.7 Å². The molecule has 2 N–H and O–H groups in total. The van der Waals surface area contributed by atoms with Gasteiger partial charge in [-0.1, -0.05) is 5.16 Å². The second-order valence-corrected chi connectivity index (χ2v) is 4.88. The van der Waals surface area contributed by atoms with Crippen molar-refractivity contribution in [3.63, 3.8) is 0 Å². The van der Waals surface area contributed by atoms with Crippen LogP contribution < -0.4 is 10.5 Å². The Bertz CT molecular complexity index is 632. The summed E-state index contributed by atoms with van der Waals surface area (Å²) in [6.45, 7) is -0.0916. The first-order valence-corrected chi connectivity index (χ1v) is 6.27. The number of nitrogens with zero attached hydrogens (tertiary/aromatic N) is 2. The number of hydrogen-bond donors (Lipinski definition) is 1. The minimum atomic E-state index is -0.779. The third-order valence-electron chi connectivity index (χ3n) is 3.40. The molecule has 0 aliphatic heterocycles. The van der Waals surface area contributed by atoms with Crippen LogP contribution in [0.5, 0.6) is 5.75 Å². The maximum Gasteiger partial charge on any atom is 0.264 e. The highest BCUT2D eigenvalue weighted by molar-refractivity contribution is 5.85. The summed E-state index contributed by atoms with van der Waals surface area (Å²) < 4.78 is 36.3. The molecule has 1 saturated carbocycles. The molecule has 0 amide bonds. The van der Waals surface area contributed by atoms with Gasteiger partial charge in [0.05, 0.1) is 5.54 Å². The van der Waals surface area contributed by atoms with Crippen molar-refractivity contribution in [1.82, 2.24) is 10.1 Å². The van der Waals surface area contributed by atoms with Gasteiger partial charge in [-0.15, -0.1) is 12.4 Å². The summed E-state index contributed by atoms with van der Waals surface area (Å²) in [6.07, 6.45) is 2.68. The van der Waals surface area contributed by atoms with Gasteiger partial charge in [0.15, 0.2) is 24.0 Å². The van der Waals surface area contributed by atoms with Crippen LogP contribution >= 0.6 is 12.4 Å². The second-order valence-electron chi connectivity index (χ2n) is 4.88. The lowest BCUT2D eigenvalue weighted by atomic mass is 9.77. The highest BCUT2D eigenvalue weighted by Crippen LogP contribution is 2.36. The van der Waals surface area contributed by atoms with Gasteiger partial charge in [0, 0.05) is 6.07 Å². The number of hydrogen-bond acceptors (Lipinski definition) is 5. The van der Waals surface area contributed by atoms with Crippen LogP contribution in [0.1, 0.15) is 31.0 Å². The van der Waals surface area contributed by atoms with E-state index in [2.05, 4.69) is 10.1 Å². The first-order chi connectivity index (χ1) is 9.57. The molecule has 2 aromatic rings. The number of rotatable bonds is 4. The molecule has 0 saturated heterocycles. The fraction of sp³-hybridized carbons (Fsp3) is 0.385. The Hall–Kier alpha value is -1.73. The molecule has 0 bridgehead atoms. The number of ether oxygens (including phenoxy) is 1. The zero-order valence-electron chi connectivity index (χ0n) is 11.0. The van der Waals surface area contributed by atoms with E-state index in [1.165, 1.54) is 6.07 Å². The molecule has 21 heavy (non-hydrogen) atoms. The van der Waals surface area contributed by atoms with Crippen LogP contribution in [-0.4, -0.2) is 10.1 Å². The van der Waals surface area contributed by atoms with E-state index in [4.69, 9.17) is 15.0 Å². The van der Waals surface area contributed by atoms with Gasteiger partial charge in [-0.2, -0.15) is 4.98 Å². The standard InChI is InChI=1S/C13H13F2N3O2.ClH/c14-8-2-3-10(9(15)6-8)19-7-11-17-12(18-20-11)13(16)4-1-5-13;/h2-3,6H,1,4-5,7,16H2;1H. The summed E-state index contributed by atoms with van der Waals surface area (Å²) in [5.41, 5.74) is 5.55. The number of benzene rings is 1. The molecule has 1 aliphatic carbocycles. The van der Waals surface area contributed by atoms with Gasteiger partial charge in [-0.3, -0.25) is 0 Å². The maximum atomic E-state index is 13.4. The maximum absolute atomic E-state index is 13.4. The predicted octanol–water partition coefficient (Wildman–Crippen LogP) is 2.69. The Morgan fingerprint density at radius 3 is 2.71 bits per heavy atom. The van der Waals surface area contributed by atoms with Gasteiger partial charge in [0.2, 0.25) is 0 Å². The van der Waals surface area contributed by atoms with Crippen LogP contribution in [0.25, 0.3) is 0 Å². The molecule has 0 atom stereocenters. The fourth-order valence-electron chi connectivity index (χ4n) is 2.03.